The number of halogens is 1. The van der Waals surface area contributed by atoms with Crippen LogP contribution in [0.5, 0.6) is 11.6 Å². The highest BCUT2D eigenvalue weighted by molar-refractivity contribution is 7.19. The lowest BCUT2D eigenvalue weighted by Crippen LogP contribution is -2.19. The Morgan fingerprint density at radius 2 is 1.91 bits per heavy atom. The first-order chi connectivity index (χ1) is 16.0. The Morgan fingerprint density at radius 3 is 2.70 bits per heavy atom. The number of aromatic nitrogens is 3. The van der Waals surface area contributed by atoms with Crippen molar-refractivity contribution in [3.63, 3.8) is 0 Å². The number of thiazole rings is 1. The Balaban J connectivity index is 1.74. The minimum absolute atomic E-state index is 0.0660. The van der Waals surface area contributed by atoms with Crippen LogP contribution in [0.3, 0.4) is 0 Å². The summed E-state index contributed by atoms with van der Waals surface area (Å²) in [4.78, 5) is 22.6. The molecule has 0 aliphatic carbocycles. The Morgan fingerprint density at radius 1 is 1.12 bits per heavy atom. The number of nitrogens with zero attached hydrogens (tertiary/aromatic N) is 4. The predicted molar refractivity (Wildman–Crippen MR) is 131 cm³/mol. The molecular formula is C25H15ClN4O2S. The third-order valence-electron chi connectivity index (χ3n) is 5.03. The van der Waals surface area contributed by atoms with Crippen molar-refractivity contribution in [2.75, 3.05) is 0 Å². The van der Waals surface area contributed by atoms with E-state index < -0.39 is 0 Å². The maximum atomic E-state index is 13.5. The largest absolute Gasteiger partial charge is 0.437 e. The second-order valence-corrected chi connectivity index (χ2v) is 8.65. The Hall–Kier alpha value is -3.99. The summed E-state index contributed by atoms with van der Waals surface area (Å²) < 4.78 is 8.38. The quantitative estimate of drug-likeness (QED) is 0.295. The molecule has 2 aromatic carbocycles. The van der Waals surface area contributed by atoms with Crippen molar-refractivity contribution in [1.29, 1.82) is 5.26 Å². The summed E-state index contributed by atoms with van der Waals surface area (Å²) in [7, 11) is 0. The molecular weight excluding hydrogens is 456 g/mol. The van der Waals surface area contributed by atoms with Crippen LogP contribution in [0, 0.1) is 18.3 Å². The fraction of sp³-hybridized carbons (Fsp3) is 0.0400. The van der Waals surface area contributed by atoms with E-state index in [9.17, 15) is 10.1 Å². The van der Waals surface area contributed by atoms with Crippen LogP contribution in [-0.4, -0.2) is 14.4 Å². The van der Waals surface area contributed by atoms with E-state index in [2.05, 4.69) is 16.0 Å². The Labute approximate surface area is 197 Å². The molecule has 0 saturated heterocycles. The lowest BCUT2D eigenvalue weighted by molar-refractivity contribution is 0.461. The smallest absolute Gasteiger partial charge is 0.269 e. The van der Waals surface area contributed by atoms with Gasteiger partial charge in [-0.3, -0.25) is 9.20 Å². The number of hydrogen-bond acceptors (Lipinski definition) is 6. The number of benzene rings is 2. The number of allylic oxidation sites excluding steroid dienone is 1. The third-order valence-corrected chi connectivity index (χ3v) is 6.41. The first-order valence-corrected chi connectivity index (χ1v) is 11.2. The van der Waals surface area contributed by atoms with Gasteiger partial charge in [-0.1, -0.05) is 41.9 Å². The van der Waals surface area contributed by atoms with Gasteiger partial charge in [-0.2, -0.15) is 10.2 Å². The summed E-state index contributed by atoms with van der Waals surface area (Å²) in [5.74, 6) is 0.424. The summed E-state index contributed by atoms with van der Waals surface area (Å²) in [6.45, 7) is 1.86. The summed E-state index contributed by atoms with van der Waals surface area (Å²) in [5.41, 5.74) is 2.07. The lowest BCUT2D eigenvalue weighted by Gasteiger charge is -2.12. The number of nitriles is 1. The SMILES string of the molecule is Cc1cccn2c(=O)c(/C=C(\C#N)c3nc4ccccc4s3)c(Oc3ccccc3Cl)nc12. The molecule has 160 valence electrons. The molecule has 0 saturated carbocycles. The van der Waals surface area contributed by atoms with Gasteiger partial charge in [0, 0.05) is 6.20 Å². The standard InChI is InChI=1S/C25H15ClN4O2S/c1-15-7-6-12-30-22(15)29-23(32-20-10-4-2-8-18(20)26)17(25(30)31)13-16(14-27)24-28-19-9-3-5-11-21(19)33-24/h2-13H,1H3/b16-13+. The van der Waals surface area contributed by atoms with E-state index in [0.717, 1.165) is 15.8 Å². The number of pyridine rings is 1. The molecule has 0 N–H and O–H groups in total. The highest BCUT2D eigenvalue weighted by Crippen LogP contribution is 2.32. The van der Waals surface area contributed by atoms with Crippen molar-refractivity contribution in [2.45, 2.75) is 6.92 Å². The molecule has 0 fully saturated rings. The molecule has 8 heteroatoms. The van der Waals surface area contributed by atoms with Crippen LogP contribution >= 0.6 is 22.9 Å². The summed E-state index contributed by atoms with van der Waals surface area (Å²) in [6, 6.07) is 20.4. The van der Waals surface area contributed by atoms with E-state index in [-0.39, 0.29) is 22.6 Å². The zero-order valence-corrected chi connectivity index (χ0v) is 18.9. The summed E-state index contributed by atoms with van der Waals surface area (Å²) in [5, 5.41) is 10.8. The average Bonchev–Trinajstić information content (AvgIpc) is 3.25. The number of hydrogen-bond donors (Lipinski definition) is 0. The lowest BCUT2D eigenvalue weighted by atomic mass is 10.2. The van der Waals surface area contributed by atoms with E-state index in [1.165, 1.54) is 21.8 Å². The second kappa shape index (κ2) is 8.51. The Bertz CT molecular complexity index is 1630. The highest BCUT2D eigenvalue weighted by atomic mass is 35.5. The topological polar surface area (TPSA) is 80.3 Å². The van der Waals surface area contributed by atoms with Gasteiger partial charge in [-0.05, 0) is 48.9 Å². The van der Waals surface area contributed by atoms with Gasteiger partial charge in [-0.25, -0.2) is 4.98 Å². The van der Waals surface area contributed by atoms with E-state index in [4.69, 9.17) is 16.3 Å². The summed E-state index contributed by atoms with van der Waals surface area (Å²) >= 11 is 7.66. The van der Waals surface area contributed by atoms with E-state index in [1.54, 1.807) is 36.5 Å². The molecule has 0 amide bonds. The van der Waals surface area contributed by atoms with Gasteiger partial charge >= 0.3 is 0 Å². The molecule has 33 heavy (non-hydrogen) atoms. The van der Waals surface area contributed by atoms with E-state index in [1.807, 2.05) is 37.3 Å². The number of aryl methyl sites for hydroxylation is 1. The van der Waals surface area contributed by atoms with Gasteiger partial charge in [0.05, 0.1) is 20.8 Å². The van der Waals surface area contributed by atoms with Crippen LogP contribution in [0.2, 0.25) is 5.02 Å². The second-order valence-electron chi connectivity index (χ2n) is 7.21. The Kier molecular flexibility index (Phi) is 5.38. The molecule has 0 bridgehead atoms. The van der Waals surface area contributed by atoms with Crippen LogP contribution in [-0.2, 0) is 0 Å². The van der Waals surface area contributed by atoms with Crippen LogP contribution in [0.25, 0.3) is 27.5 Å². The molecule has 0 atom stereocenters. The van der Waals surface area contributed by atoms with Crippen LogP contribution in [0.1, 0.15) is 16.1 Å². The van der Waals surface area contributed by atoms with Crippen molar-refractivity contribution in [2.24, 2.45) is 0 Å². The number of ether oxygens (including phenoxy) is 1. The maximum Gasteiger partial charge on any atom is 0.269 e. The van der Waals surface area contributed by atoms with Gasteiger partial charge in [-0.15, -0.1) is 11.3 Å². The van der Waals surface area contributed by atoms with Crippen LogP contribution < -0.4 is 10.3 Å². The number of rotatable bonds is 4. The third kappa shape index (κ3) is 3.87. The zero-order chi connectivity index (χ0) is 22.9. The normalized spacial score (nSPS) is 11.6. The van der Waals surface area contributed by atoms with Gasteiger partial charge in [0.15, 0.2) is 0 Å². The molecule has 6 nitrogen and oxygen atoms in total. The van der Waals surface area contributed by atoms with Crippen LogP contribution in [0.15, 0.2) is 71.7 Å². The molecule has 5 aromatic rings. The van der Waals surface area contributed by atoms with Gasteiger partial charge in [0.1, 0.15) is 28.0 Å². The monoisotopic (exact) mass is 470 g/mol. The minimum Gasteiger partial charge on any atom is -0.437 e. The molecule has 0 spiro atoms. The predicted octanol–water partition coefficient (Wildman–Crippen LogP) is 6.12. The van der Waals surface area contributed by atoms with Crippen LogP contribution in [0.4, 0.5) is 0 Å². The van der Waals surface area contributed by atoms with Crippen molar-refractivity contribution in [3.05, 3.63) is 98.4 Å². The molecule has 3 heterocycles. The fourth-order valence-corrected chi connectivity index (χ4v) is 4.50. The summed E-state index contributed by atoms with van der Waals surface area (Å²) in [6.07, 6.45) is 3.12. The van der Waals surface area contributed by atoms with E-state index in [0.29, 0.717) is 21.4 Å². The fourth-order valence-electron chi connectivity index (χ4n) is 3.40. The number of para-hydroxylation sites is 2. The molecule has 0 aliphatic heterocycles. The molecule has 0 radical (unpaired) electrons. The molecule has 0 unspecified atom stereocenters. The average molecular weight is 471 g/mol. The molecule has 3 aromatic heterocycles. The van der Waals surface area contributed by atoms with Crippen molar-refractivity contribution in [3.8, 4) is 17.7 Å². The zero-order valence-electron chi connectivity index (χ0n) is 17.3. The van der Waals surface area contributed by atoms with Crippen molar-refractivity contribution in [1.82, 2.24) is 14.4 Å². The molecule has 0 aliphatic rings. The first kappa shape index (κ1) is 20.9. The van der Waals surface area contributed by atoms with Gasteiger partial charge in [0.2, 0.25) is 5.88 Å². The van der Waals surface area contributed by atoms with Gasteiger partial charge < -0.3 is 4.74 Å². The van der Waals surface area contributed by atoms with E-state index >= 15 is 0 Å². The maximum absolute atomic E-state index is 13.5. The van der Waals surface area contributed by atoms with Gasteiger partial charge in [0.25, 0.3) is 5.56 Å². The molecule has 5 rings (SSSR count). The highest BCUT2D eigenvalue weighted by Gasteiger charge is 2.18. The number of fused-ring (bicyclic) bond motifs is 2. The minimum atomic E-state index is -0.361. The first-order valence-electron chi connectivity index (χ1n) is 9.97. The van der Waals surface area contributed by atoms with Crippen molar-refractivity contribution >= 4 is 50.5 Å². The van der Waals surface area contributed by atoms with Crippen molar-refractivity contribution < 1.29 is 4.74 Å².